The molecular formula is C32H39N3O2. The van der Waals surface area contributed by atoms with Crippen molar-refractivity contribution in [2.75, 3.05) is 13.2 Å². The number of hydrogen-bond donors (Lipinski definition) is 1. The van der Waals surface area contributed by atoms with Gasteiger partial charge in [-0.1, -0.05) is 60.5 Å². The first-order valence-corrected chi connectivity index (χ1v) is 13.5. The number of nitrogens with one attached hydrogen (secondary N) is 1. The molecule has 0 saturated carbocycles. The molecule has 5 nitrogen and oxygen atoms in total. The number of benzene rings is 3. The summed E-state index contributed by atoms with van der Waals surface area (Å²) >= 11 is 0. The molecule has 0 aliphatic heterocycles. The standard InChI is InChI=1S/C32H39N3O2/c1-24-17-18-30(26(3)22-24)37-21-11-20-35-29-15-9-8-14-28(29)34-31(35)16-5-4-10-19-33-32(36)23-27-13-7-6-12-25(27)2/h6-9,12-15,17-18,22H,4-5,10-11,16,19-21,23H2,1-3H3,(H,33,36). The number of imidazole rings is 1. The summed E-state index contributed by atoms with van der Waals surface area (Å²) in [4.78, 5) is 17.2. The van der Waals surface area contributed by atoms with Crippen molar-refractivity contribution in [3.63, 3.8) is 0 Å². The zero-order valence-electron chi connectivity index (χ0n) is 22.4. The number of aryl methyl sites for hydroxylation is 5. The first-order chi connectivity index (χ1) is 18.0. The van der Waals surface area contributed by atoms with Gasteiger partial charge < -0.3 is 14.6 Å². The van der Waals surface area contributed by atoms with Crippen molar-refractivity contribution in [3.05, 3.63) is 94.8 Å². The molecule has 3 aromatic carbocycles. The molecule has 1 amide bonds. The van der Waals surface area contributed by atoms with E-state index in [1.165, 1.54) is 16.6 Å². The normalized spacial score (nSPS) is 11.1. The number of amides is 1. The average Bonchev–Trinajstić information content (AvgIpc) is 3.23. The van der Waals surface area contributed by atoms with Crippen LogP contribution in [0.25, 0.3) is 11.0 Å². The molecule has 4 aromatic rings. The second kappa shape index (κ2) is 13.1. The molecule has 0 spiro atoms. The lowest BCUT2D eigenvalue weighted by Crippen LogP contribution is -2.26. The van der Waals surface area contributed by atoms with E-state index in [2.05, 4.69) is 60.1 Å². The topological polar surface area (TPSA) is 56.1 Å². The molecule has 37 heavy (non-hydrogen) atoms. The fourth-order valence-electron chi connectivity index (χ4n) is 4.79. The van der Waals surface area contributed by atoms with E-state index in [9.17, 15) is 4.79 Å². The zero-order valence-corrected chi connectivity index (χ0v) is 22.4. The predicted octanol–water partition coefficient (Wildman–Crippen LogP) is 6.50. The number of carbonyl (C=O) groups is 1. The van der Waals surface area contributed by atoms with Gasteiger partial charge in [-0.25, -0.2) is 4.98 Å². The number of hydrogen-bond acceptors (Lipinski definition) is 3. The van der Waals surface area contributed by atoms with Gasteiger partial charge in [-0.15, -0.1) is 0 Å². The highest BCUT2D eigenvalue weighted by molar-refractivity contribution is 5.78. The Morgan fingerprint density at radius 2 is 1.70 bits per heavy atom. The van der Waals surface area contributed by atoms with Crippen LogP contribution in [0.15, 0.2) is 66.7 Å². The quantitative estimate of drug-likeness (QED) is 0.214. The van der Waals surface area contributed by atoms with E-state index in [1.807, 2.05) is 37.3 Å². The smallest absolute Gasteiger partial charge is 0.224 e. The first-order valence-electron chi connectivity index (χ1n) is 13.5. The molecule has 0 bridgehead atoms. The Balaban J connectivity index is 1.23. The van der Waals surface area contributed by atoms with Crippen LogP contribution in [-0.2, 0) is 24.2 Å². The highest BCUT2D eigenvalue weighted by atomic mass is 16.5. The molecule has 1 N–H and O–H groups in total. The van der Waals surface area contributed by atoms with E-state index in [-0.39, 0.29) is 5.91 Å². The van der Waals surface area contributed by atoms with E-state index in [1.54, 1.807) is 0 Å². The third-order valence-corrected chi connectivity index (χ3v) is 6.86. The molecule has 0 aliphatic rings. The third-order valence-electron chi connectivity index (χ3n) is 6.86. The van der Waals surface area contributed by atoms with Crippen LogP contribution >= 0.6 is 0 Å². The third kappa shape index (κ3) is 7.45. The summed E-state index contributed by atoms with van der Waals surface area (Å²) in [5.41, 5.74) is 6.93. The summed E-state index contributed by atoms with van der Waals surface area (Å²) in [7, 11) is 0. The van der Waals surface area contributed by atoms with Crippen molar-refractivity contribution >= 4 is 16.9 Å². The van der Waals surface area contributed by atoms with Gasteiger partial charge in [0, 0.05) is 19.5 Å². The lowest BCUT2D eigenvalue weighted by Gasteiger charge is -2.12. The fourth-order valence-corrected chi connectivity index (χ4v) is 4.79. The number of carbonyl (C=O) groups excluding carboxylic acids is 1. The Morgan fingerprint density at radius 1 is 0.892 bits per heavy atom. The van der Waals surface area contributed by atoms with E-state index < -0.39 is 0 Å². The minimum absolute atomic E-state index is 0.0964. The Bertz CT molecular complexity index is 1320. The number of fused-ring (bicyclic) bond motifs is 1. The summed E-state index contributed by atoms with van der Waals surface area (Å²) < 4.78 is 8.41. The van der Waals surface area contributed by atoms with Gasteiger partial charge in [0.2, 0.25) is 5.91 Å². The van der Waals surface area contributed by atoms with Crippen LogP contribution in [-0.4, -0.2) is 28.6 Å². The number of ether oxygens (including phenoxy) is 1. The fraction of sp³-hybridized carbons (Fsp3) is 0.375. The lowest BCUT2D eigenvalue weighted by atomic mass is 10.1. The molecule has 0 saturated heterocycles. The molecular weight excluding hydrogens is 458 g/mol. The van der Waals surface area contributed by atoms with Gasteiger partial charge in [0.15, 0.2) is 0 Å². The van der Waals surface area contributed by atoms with E-state index in [4.69, 9.17) is 9.72 Å². The number of para-hydroxylation sites is 2. The van der Waals surface area contributed by atoms with Crippen molar-refractivity contribution in [1.82, 2.24) is 14.9 Å². The van der Waals surface area contributed by atoms with Crippen LogP contribution in [0.5, 0.6) is 5.75 Å². The van der Waals surface area contributed by atoms with Crippen LogP contribution < -0.4 is 10.1 Å². The number of nitrogens with zero attached hydrogens (tertiary/aromatic N) is 2. The van der Waals surface area contributed by atoms with Crippen LogP contribution in [0.3, 0.4) is 0 Å². The zero-order chi connectivity index (χ0) is 26.0. The molecule has 4 rings (SSSR count). The second-order valence-corrected chi connectivity index (χ2v) is 9.90. The largest absolute Gasteiger partial charge is 0.493 e. The molecule has 0 fully saturated rings. The van der Waals surface area contributed by atoms with Gasteiger partial charge in [0.25, 0.3) is 0 Å². The molecule has 194 valence electrons. The molecule has 0 aliphatic carbocycles. The molecule has 5 heteroatoms. The SMILES string of the molecule is Cc1ccc(OCCCn2c(CCCCCNC(=O)Cc3ccccc3C)nc3ccccc32)c(C)c1. The van der Waals surface area contributed by atoms with Gasteiger partial charge >= 0.3 is 0 Å². The molecule has 1 aromatic heterocycles. The summed E-state index contributed by atoms with van der Waals surface area (Å²) in [5.74, 6) is 2.20. The van der Waals surface area contributed by atoms with Crippen molar-refractivity contribution in [2.45, 2.75) is 65.8 Å². The molecule has 1 heterocycles. The highest BCUT2D eigenvalue weighted by Crippen LogP contribution is 2.21. The summed E-state index contributed by atoms with van der Waals surface area (Å²) in [6, 6.07) is 22.8. The van der Waals surface area contributed by atoms with Crippen molar-refractivity contribution in [2.24, 2.45) is 0 Å². The Kier molecular flexibility index (Phi) is 9.36. The van der Waals surface area contributed by atoms with Crippen LogP contribution in [0.4, 0.5) is 0 Å². The monoisotopic (exact) mass is 497 g/mol. The van der Waals surface area contributed by atoms with E-state index in [0.717, 1.165) is 73.4 Å². The van der Waals surface area contributed by atoms with Crippen molar-refractivity contribution in [1.29, 1.82) is 0 Å². The Morgan fingerprint density at radius 3 is 2.54 bits per heavy atom. The summed E-state index contributed by atoms with van der Waals surface area (Å²) in [5, 5.41) is 3.07. The number of rotatable bonds is 13. The van der Waals surface area contributed by atoms with Gasteiger partial charge in [0.05, 0.1) is 24.1 Å². The minimum atomic E-state index is 0.0964. The number of aromatic nitrogens is 2. The average molecular weight is 498 g/mol. The second-order valence-electron chi connectivity index (χ2n) is 9.90. The van der Waals surface area contributed by atoms with E-state index >= 15 is 0 Å². The van der Waals surface area contributed by atoms with Crippen LogP contribution in [0.1, 0.15) is 53.8 Å². The van der Waals surface area contributed by atoms with Gasteiger partial charge in [-0.3, -0.25) is 4.79 Å². The molecule has 0 radical (unpaired) electrons. The Hall–Kier alpha value is -3.60. The van der Waals surface area contributed by atoms with Gasteiger partial charge in [0.1, 0.15) is 11.6 Å². The first kappa shape index (κ1) is 26.5. The maximum Gasteiger partial charge on any atom is 0.224 e. The Labute approximate surface area is 220 Å². The predicted molar refractivity (Wildman–Crippen MR) is 151 cm³/mol. The summed E-state index contributed by atoms with van der Waals surface area (Å²) in [6.45, 7) is 8.53. The lowest BCUT2D eigenvalue weighted by molar-refractivity contribution is -0.120. The van der Waals surface area contributed by atoms with Gasteiger partial charge in [-0.2, -0.15) is 0 Å². The number of unbranched alkanes of at least 4 members (excludes halogenated alkanes) is 2. The summed E-state index contributed by atoms with van der Waals surface area (Å²) in [6.07, 6.45) is 5.39. The van der Waals surface area contributed by atoms with Crippen molar-refractivity contribution < 1.29 is 9.53 Å². The maximum absolute atomic E-state index is 12.3. The van der Waals surface area contributed by atoms with E-state index in [0.29, 0.717) is 13.0 Å². The van der Waals surface area contributed by atoms with Crippen LogP contribution in [0.2, 0.25) is 0 Å². The van der Waals surface area contributed by atoms with Crippen molar-refractivity contribution in [3.8, 4) is 5.75 Å². The molecule has 0 atom stereocenters. The van der Waals surface area contributed by atoms with Crippen LogP contribution in [0, 0.1) is 20.8 Å². The van der Waals surface area contributed by atoms with Gasteiger partial charge in [-0.05, 0) is 74.9 Å². The molecule has 0 unspecified atom stereocenters. The maximum atomic E-state index is 12.3. The highest BCUT2D eigenvalue weighted by Gasteiger charge is 2.11. The minimum Gasteiger partial charge on any atom is -0.493 e.